The molecule has 0 aliphatic carbocycles. The van der Waals surface area contributed by atoms with Crippen LogP contribution in [0.2, 0.25) is 0 Å². The number of ether oxygens (including phenoxy) is 1. The number of aromatic amines is 1. The summed E-state index contributed by atoms with van der Waals surface area (Å²) < 4.78 is 8.54. The van der Waals surface area contributed by atoms with E-state index in [2.05, 4.69) is 22.0 Å². The molecule has 2 aromatic heterocycles. The molecule has 1 N–H and O–H groups in total. The fourth-order valence-electron chi connectivity index (χ4n) is 4.81. The van der Waals surface area contributed by atoms with Gasteiger partial charge in [-0.3, -0.25) is 9.36 Å². The summed E-state index contributed by atoms with van der Waals surface area (Å²) in [6.45, 7) is 3.51. The van der Waals surface area contributed by atoms with Gasteiger partial charge in [-0.2, -0.15) is 0 Å². The van der Waals surface area contributed by atoms with Gasteiger partial charge in [-0.05, 0) is 50.0 Å². The van der Waals surface area contributed by atoms with Gasteiger partial charge in [0.1, 0.15) is 10.4 Å². The Kier molecular flexibility index (Phi) is 5.85. The minimum absolute atomic E-state index is 0.178. The van der Waals surface area contributed by atoms with E-state index in [1.54, 1.807) is 7.11 Å². The highest BCUT2D eigenvalue weighted by Crippen LogP contribution is 2.33. The van der Waals surface area contributed by atoms with Crippen molar-refractivity contribution in [3.63, 3.8) is 0 Å². The zero-order valence-electron chi connectivity index (χ0n) is 18.2. The second-order valence-electron chi connectivity index (χ2n) is 8.42. The fraction of sp³-hybridized carbons (Fsp3) is 0.360. The molecule has 3 heterocycles. The van der Waals surface area contributed by atoms with E-state index < -0.39 is 0 Å². The van der Waals surface area contributed by atoms with Crippen molar-refractivity contribution < 1.29 is 4.74 Å². The van der Waals surface area contributed by atoms with Crippen LogP contribution in [0.1, 0.15) is 30.7 Å². The van der Waals surface area contributed by atoms with E-state index >= 15 is 0 Å². The number of hydrogen-bond acceptors (Lipinski definition) is 5. The summed E-state index contributed by atoms with van der Waals surface area (Å²) in [4.78, 5) is 31.0. The van der Waals surface area contributed by atoms with E-state index in [9.17, 15) is 9.59 Å². The van der Waals surface area contributed by atoms with Gasteiger partial charge in [-0.15, -0.1) is 11.3 Å². The summed E-state index contributed by atoms with van der Waals surface area (Å²) in [6.07, 6.45) is 2.88. The quantitative estimate of drug-likeness (QED) is 0.430. The third kappa shape index (κ3) is 3.87. The summed E-state index contributed by atoms with van der Waals surface area (Å²) >= 11 is 1.45. The maximum atomic E-state index is 13.0. The molecule has 0 radical (unpaired) electrons. The van der Waals surface area contributed by atoms with Crippen LogP contribution in [0.4, 0.5) is 0 Å². The molecule has 2 aromatic carbocycles. The number of benzene rings is 2. The van der Waals surface area contributed by atoms with E-state index in [0.29, 0.717) is 22.7 Å². The average molecular weight is 450 g/mol. The minimum atomic E-state index is -0.316. The Bertz CT molecular complexity index is 1370. The molecule has 1 aliphatic heterocycles. The maximum absolute atomic E-state index is 13.0. The normalized spacial score (nSPS) is 16.8. The van der Waals surface area contributed by atoms with Gasteiger partial charge < -0.3 is 14.6 Å². The Balaban J connectivity index is 1.21. The van der Waals surface area contributed by atoms with Crippen molar-refractivity contribution >= 4 is 31.6 Å². The molecule has 0 saturated carbocycles. The molecule has 0 unspecified atom stereocenters. The summed E-state index contributed by atoms with van der Waals surface area (Å²) in [5.74, 6) is 1.46. The van der Waals surface area contributed by atoms with Gasteiger partial charge in [-0.1, -0.05) is 36.4 Å². The van der Waals surface area contributed by atoms with Crippen molar-refractivity contribution in [3.8, 4) is 5.75 Å². The number of nitrogens with zero attached hydrogens (tertiary/aromatic N) is 2. The number of para-hydroxylation sites is 1. The molecule has 7 heteroatoms. The number of unbranched alkanes of at least 4 members (excludes halogenated alkanes) is 1. The predicted molar refractivity (Wildman–Crippen MR) is 130 cm³/mol. The summed E-state index contributed by atoms with van der Waals surface area (Å²) in [5, 5.41) is 0.937. The largest absolute Gasteiger partial charge is 0.496 e. The van der Waals surface area contributed by atoms with Gasteiger partial charge >= 0.3 is 5.69 Å². The van der Waals surface area contributed by atoms with E-state index in [-0.39, 0.29) is 11.2 Å². The Morgan fingerprint density at radius 3 is 2.72 bits per heavy atom. The molecule has 32 heavy (non-hydrogen) atoms. The number of H-pyrrole nitrogens is 1. The first-order chi connectivity index (χ1) is 15.7. The third-order valence-corrected chi connectivity index (χ3v) is 7.63. The molecule has 1 atom stereocenters. The van der Waals surface area contributed by atoms with Gasteiger partial charge in [0.25, 0.3) is 5.56 Å². The standard InChI is InChI=1S/C25H27N3O3S/c1-31-20-10-4-2-8-18(20)17-12-15-27(16-17)13-6-7-14-28-24(29)23-22(26-25(28)30)19-9-3-5-11-21(19)32-23/h2-5,8-11,17H,6-7,12-16H2,1H3,(H,26,30)/t17-/m0/s1. The molecular weight excluding hydrogens is 422 g/mol. The first kappa shape index (κ1) is 21.0. The van der Waals surface area contributed by atoms with E-state index in [1.807, 2.05) is 36.4 Å². The van der Waals surface area contributed by atoms with Gasteiger partial charge in [0.05, 0.1) is 12.6 Å². The first-order valence-electron chi connectivity index (χ1n) is 11.2. The molecule has 1 aliphatic rings. The van der Waals surface area contributed by atoms with Crippen LogP contribution < -0.4 is 16.0 Å². The molecule has 1 saturated heterocycles. The molecule has 0 spiro atoms. The first-order valence-corrected chi connectivity index (χ1v) is 12.0. The molecular formula is C25H27N3O3S. The van der Waals surface area contributed by atoms with E-state index in [4.69, 9.17) is 4.74 Å². The van der Waals surface area contributed by atoms with Gasteiger partial charge in [0.2, 0.25) is 0 Å². The zero-order valence-corrected chi connectivity index (χ0v) is 19.0. The Hall–Kier alpha value is -2.90. The van der Waals surface area contributed by atoms with Crippen molar-refractivity contribution in [2.24, 2.45) is 0 Å². The van der Waals surface area contributed by atoms with Gasteiger partial charge in [0, 0.05) is 29.1 Å². The van der Waals surface area contributed by atoms with Crippen molar-refractivity contribution in [2.75, 3.05) is 26.7 Å². The van der Waals surface area contributed by atoms with Crippen LogP contribution in [0.25, 0.3) is 20.3 Å². The molecule has 0 bridgehead atoms. The summed E-state index contributed by atoms with van der Waals surface area (Å²) in [6, 6.07) is 16.1. The molecule has 5 rings (SSSR count). The van der Waals surface area contributed by atoms with Crippen LogP contribution in [0.3, 0.4) is 0 Å². The van der Waals surface area contributed by atoms with Crippen molar-refractivity contribution in [3.05, 3.63) is 74.9 Å². The predicted octanol–water partition coefficient (Wildman–Crippen LogP) is 4.18. The SMILES string of the molecule is COc1ccccc1[C@H]1CCN(CCCCn2c(=O)[nH]c3c(sc4ccccc43)c2=O)C1. The van der Waals surface area contributed by atoms with Crippen LogP contribution in [-0.2, 0) is 6.54 Å². The lowest BCUT2D eigenvalue weighted by atomic mass is 9.97. The van der Waals surface area contributed by atoms with Crippen LogP contribution in [-0.4, -0.2) is 41.2 Å². The zero-order chi connectivity index (χ0) is 22.1. The lowest BCUT2D eigenvalue weighted by molar-refractivity contribution is 0.320. The average Bonchev–Trinajstić information content (AvgIpc) is 3.43. The summed E-state index contributed by atoms with van der Waals surface area (Å²) in [5.41, 5.74) is 1.45. The lowest BCUT2D eigenvalue weighted by Crippen LogP contribution is -2.34. The number of hydrogen-bond donors (Lipinski definition) is 1. The fourth-order valence-corrected chi connectivity index (χ4v) is 5.92. The number of likely N-dealkylation sites (tertiary alicyclic amines) is 1. The Labute approximate surface area is 190 Å². The van der Waals surface area contributed by atoms with Crippen molar-refractivity contribution in [2.45, 2.75) is 31.7 Å². The molecule has 1 fully saturated rings. The van der Waals surface area contributed by atoms with Crippen LogP contribution in [0, 0.1) is 0 Å². The van der Waals surface area contributed by atoms with Crippen molar-refractivity contribution in [1.82, 2.24) is 14.5 Å². The number of fused-ring (bicyclic) bond motifs is 3. The highest BCUT2D eigenvalue weighted by molar-refractivity contribution is 7.25. The number of thiophene rings is 1. The summed E-state index contributed by atoms with van der Waals surface area (Å²) in [7, 11) is 1.73. The second-order valence-corrected chi connectivity index (χ2v) is 9.48. The molecule has 0 amide bonds. The molecule has 6 nitrogen and oxygen atoms in total. The number of nitrogens with one attached hydrogen (secondary N) is 1. The highest BCUT2D eigenvalue weighted by atomic mass is 32.1. The van der Waals surface area contributed by atoms with E-state index in [0.717, 1.165) is 54.7 Å². The Morgan fingerprint density at radius 2 is 1.84 bits per heavy atom. The maximum Gasteiger partial charge on any atom is 0.328 e. The van der Waals surface area contributed by atoms with Crippen LogP contribution in [0.5, 0.6) is 5.75 Å². The topological polar surface area (TPSA) is 67.3 Å². The highest BCUT2D eigenvalue weighted by Gasteiger charge is 2.25. The van der Waals surface area contributed by atoms with E-state index in [1.165, 1.54) is 21.5 Å². The number of rotatable bonds is 7. The monoisotopic (exact) mass is 449 g/mol. The smallest absolute Gasteiger partial charge is 0.328 e. The van der Waals surface area contributed by atoms with Crippen LogP contribution >= 0.6 is 11.3 Å². The second kappa shape index (κ2) is 8.92. The van der Waals surface area contributed by atoms with Crippen LogP contribution in [0.15, 0.2) is 58.1 Å². The van der Waals surface area contributed by atoms with Gasteiger partial charge in [0.15, 0.2) is 0 Å². The number of aromatic nitrogens is 2. The van der Waals surface area contributed by atoms with Gasteiger partial charge in [-0.25, -0.2) is 4.79 Å². The molecule has 4 aromatic rings. The lowest BCUT2D eigenvalue weighted by Gasteiger charge is -2.17. The third-order valence-electron chi connectivity index (χ3n) is 6.47. The minimum Gasteiger partial charge on any atom is -0.496 e. The Morgan fingerprint density at radius 1 is 1.06 bits per heavy atom. The number of methoxy groups -OCH3 is 1. The van der Waals surface area contributed by atoms with Crippen molar-refractivity contribution in [1.29, 1.82) is 0 Å². The molecule has 166 valence electrons.